The third kappa shape index (κ3) is 4.39. The first-order valence-electron chi connectivity index (χ1n) is 10.8. The predicted molar refractivity (Wildman–Crippen MR) is 131 cm³/mol. The van der Waals surface area contributed by atoms with E-state index in [2.05, 4.69) is 19.2 Å². The van der Waals surface area contributed by atoms with Crippen LogP contribution in [0.15, 0.2) is 24.3 Å². The molecule has 0 fully saturated rings. The first-order valence-corrected chi connectivity index (χ1v) is 11.6. The minimum atomic E-state index is -0.926. The van der Waals surface area contributed by atoms with Crippen molar-refractivity contribution in [1.82, 2.24) is 9.55 Å². The van der Waals surface area contributed by atoms with Crippen LogP contribution >= 0.6 is 23.2 Å². The van der Waals surface area contributed by atoms with Crippen LogP contribution in [-0.2, 0) is 4.79 Å². The summed E-state index contributed by atoms with van der Waals surface area (Å²) in [5, 5.41) is 14.4. The number of methoxy groups -OCH3 is 1. The molecule has 0 aliphatic carbocycles. The van der Waals surface area contributed by atoms with Gasteiger partial charge in [0.15, 0.2) is 0 Å². The predicted octanol–water partition coefficient (Wildman–Crippen LogP) is 7.34. The van der Waals surface area contributed by atoms with E-state index in [1.165, 1.54) is 0 Å². The van der Waals surface area contributed by atoms with E-state index in [4.69, 9.17) is 32.9 Å². The highest BCUT2D eigenvalue weighted by Crippen LogP contribution is 2.40. The summed E-state index contributed by atoms with van der Waals surface area (Å²) in [6.45, 7) is 8.01. The highest BCUT2D eigenvalue weighted by molar-refractivity contribution is 6.35. The standard InChI is InChI=1S/C24H29Cl2N3O3/c1-6-14(7-2)16-9-10-17(26)21-22(16)29(18(8-3)23(30)31)24(28-21)27-20-13(4)11-15(25)12-19(20)32-5/h9-12,14,18H,6-8H2,1-5H3,(H,27,28)(H,30,31). The van der Waals surface area contributed by atoms with Crippen molar-refractivity contribution in [3.8, 4) is 5.75 Å². The van der Waals surface area contributed by atoms with Gasteiger partial charge in [0.05, 0.1) is 23.3 Å². The lowest BCUT2D eigenvalue weighted by Gasteiger charge is -2.22. The molecule has 2 aromatic carbocycles. The number of aromatic nitrogens is 2. The van der Waals surface area contributed by atoms with Crippen LogP contribution in [0.1, 0.15) is 63.1 Å². The number of aliphatic carboxylic acids is 1. The van der Waals surface area contributed by atoms with Gasteiger partial charge in [0, 0.05) is 11.1 Å². The molecule has 6 nitrogen and oxygen atoms in total. The number of ether oxygens (including phenoxy) is 1. The highest BCUT2D eigenvalue weighted by Gasteiger charge is 2.28. The minimum Gasteiger partial charge on any atom is -0.495 e. The quantitative estimate of drug-likeness (QED) is 0.336. The maximum atomic E-state index is 12.3. The number of carbonyl (C=O) groups is 1. The van der Waals surface area contributed by atoms with Crippen molar-refractivity contribution >= 4 is 51.8 Å². The molecule has 1 unspecified atom stereocenters. The number of imidazole rings is 1. The molecule has 172 valence electrons. The van der Waals surface area contributed by atoms with Crippen molar-refractivity contribution in [2.75, 3.05) is 12.4 Å². The van der Waals surface area contributed by atoms with Gasteiger partial charge < -0.3 is 15.2 Å². The fraction of sp³-hybridized carbons (Fsp3) is 0.417. The van der Waals surface area contributed by atoms with Gasteiger partial charge >= 0.3 is 5.97 Å². The summed E-state index contributed by atoms with van der Waals surface area (Å²) in [5.41, 5.74) is 3.92. The summed E-state index contributed by atoms with van der Waals surface area (Å²) in [6, 6.07) is 6.55. The van der Waals surface area contributed by atoms with Crippen LogP contribution in [0.5, 0.6) is 5.75 Å². The summed E-state index contributed by atoms with van der Waals surface area (Å²) in [4.78, 5) is 17.0. The summed E-state index contributed by atoms with van der Waals surface area (Å²) < 4.78 is 7.29. The van der Waals surface area contributed by atoms with Gasteiger partial charge in [0.2, 0.25) is 5.95 Å². The van der Waals surface area contributed by atoms with Gasteiger partial charge in [-0.2, -0.15) is 0 Å². The molecule has 1 atom stereocenters. The lowest BCUT2D eigenvalue weighted by molar-refractivity contribution is -0.140. The summed E-state index contributed by atoms with van der Waals surface area (Å²) in [7, 11) is 1.56. The Morgan fingerprint density at radius 2 is 1.88 bits per heavy atom. The maximum Gasteiger partial charge on any atom is 0.326 e. The maximum absolute atomic E-state index is 12.3. The molecule has 0 aliphatic rings. The molecule has 3 rings (SSSR count). The second-order valence-electron chi connectivity index (χ2n) is 7.84. The molecule has 32 heavy (non-hydrogen) atoms. The minimum absolute atomic E-state index is 0.260. The van der Waals surface area contributed by atoms with Crippen molar-refractivity contribution in [3.63, 3.8) is 0 Å². The van der Waals surface area contributed by atoms with Crippen LogP contribution in [0.2, 0.25) is 10.0 Å². The number of rotatable bonds is 9. The van der Waals surface area contributed by atoms with Crippen LogP contribution in [0.25, 0.3) is 11.0 Å². The molecule has 0 bridgehead atoms. The van der Waals surface area contributed by atoms with Gasteiger partial charge in [-0.15, -0.1) is 0 Å². The lowest BCUT2D eigenvalue weighted by Crippen LogP contribution is -2.20. The Morgan fingerprint density at radius 1 is 1.19 bits per heavy atom. The van der Waals surface area contributed by atoms with E-state index in [9.17, 15) is 9.90 Å². The van der Waals surface area contributed by atoms with Crippen LogP contribution < -0.4 is 10.1 Å². The number of fused-ring (bicyclic) bond motifs is 1. The smallest absolute Gasteiger partial charge is 0.326 e. The zero-order valence-corrected chi connectivity index (χ0v) is 20.5. The third-order valence-electron chi connectivity index (χ3n) is 5.95. The van der Waals surface area contributed by atoms with Crippen molar-refractivity contribution in [3.05, 3.63) is 45.4 Å². The summed E-state index contributed by atoms with van der Waals surface area (Å²) in [6.07, 6.45) is 2.24. The number of hydrogen-bond acceptors (Lipinski definition) is 4. The Kier molecular flexibility index (Phi) is 7.57. The van der Waals surface area contributed by atoms with Gasteiger partial charge in [0.25, 0.3) is 0 Å². The van der Waals surface area contributed by atoms with E-state index in [0.717, 1.165) is 29.5 Å². The zero-order valence-electron chi connectivity index (χ0n) is 19.0. The Bertz CT molecular complexity index is 1140. The lowest BCUT2D eigenvalue weighted by atomic mass is 9.92. The molecule has 0 amide bonds. The van der Waals surface area contributed by atoms with Gasteiger partial charge in [-0.25, -0.2) is 9.78 Å². The molecule has 0 aliphatic heterocycles. The normalized spacial score (nSPS) is 12.4. The first kappa shape index (κ1) is 24.2. The Morgan fingerprint density at radius 3 is 2.44 bits per heavy atom. The van der Waals surface area contributed by atoms with E-state index in [1.807, 2.05) is 32.0 Å². The molecule has 0 radical (unpaired) electrons. The fourth-order valence-electron chi connectivity index (χ4n) is 4.26. The summed E-state index contributed by atoms with van der Waals surface area (Å²) >= 11 is 12.8. The molecule has 3 aromatic rings. The van der Waals surface area contributed by atoms with Crippen LogP contribution in [0.3, 0.4) is 0 Å². The molecule has 2 N–H and O–H groups in total. The second-order valence-corrected chi connectivity index (χ2v) is 8.68. The average Bonchev–Trinajstić information content (AvgIpc) is 3.12. The van der Waals surface area contributed by atoms with Crippen LogP contribution in [-0.4, -0.2) is 27.7 Å². The molecule has 0 saturated carbocycles. The zero-order chi connectivity index (χ0) is 23.6. The van der Waals surface area contributed by atoms with Gasteiger partial charge in [-0.3, -0.25) is 4.57 Å². The number of carboxylic acids is 1. The van der Waals surface area contributed by atoms with Crippen molar-refractivity contribution in [2.45, 2.75) is 58.9 Å². The molecule has 1 heterocycles. The fourth-order valence-corrected chi connectivity index (χ4v) is 4.72. The van der Waals surface area contributed by atoms with Crippen molar-refractivity contribution in [2.24, 2.45) is 0 Å². The average molecular weight is 478 g/mol. The van der Waals surface area contributed by atoms with E-state index in [-0.39, 0.29) is 5.92 Å². The number of nitrogens with zero attached hydrogens (tertiary/aromatic N) is 2. The number of benzene rings is 2. The van der Waals surface area contributed by atoms with Gasteiger partial charge in [-0.1, -0.05) is 50.0 Å². The molecule has 8 heteroatoms. The van der Waals surface area contributed by atoms with E-state index in [1.54, 1.807) is 17.7 Å². The van der Waals surface area contributed by atoms with Crippen molar-refractivity contribution in [1.29, 1.82) is 0 Å². The number of anilines is 2. The van der Waals surface area contributed by atoms with Gasteiger partial charge in [-0.05, 0) is 55.4 Å². The summed E-state index contributed by atoms with van der Waals surface area (Å²) in [5.74, 6) is 0.280. The van der Waals surface area contributed by atoms with Crippen molar-refractivity contribution < 1.29 is 14.6 Å². The first-order chi connectivity index (χ1) is 15.3. The molecular formula is C24H29Cl2N3O3. The SMILES string of the molecule is CCC(CC)c1ccc(Cl)c2nc(Nc3c(C)cc(Cl)cc3OC)n(C(CC)C(=O)O)c12. The van der Waals surface area contributed by atoms with Crippen LogP contribution in [0, 0.1) is 6.92 Å². The van der Waals surface area contributed by atoms with Crippen LogP contribution in [0.4, 0.5) is 11.6 Å². The second kappa shape index (κ2) is 10.0. The molecule has 0 saturated heterocycles. The number of hydrogen-bond donors (Lipinski definition) is 2. The third-order valence-corrected chi connectivity index (χ3v) is 6.47. The number of nitrogens with one attached hydrogen (secondary N) is 1. The van der Waals surface area contributed by atoms with E-state index in [0.29, 0.717) is 39.4 Å². The number of halogens is 2. The number of aryl methyl sites for hydroxylation is 1. The Balaban J connectivity index is 2.35. The Hall–Kier alpha value is -2.44. The monoisotopic (exact) mass is 477 g/mol. The largest absolute Gasteiger partial charge is 0.495 e. The highest BCUT2D eigenvalue weighted by atomic mass is 35.5. The van der Waals surface area contributed by atoms with E-state index < -0.39 is 12.0 Å². The molecule has 0 spiro atoms. The number of carboxylic acid groups (broad SMARTS) is 1. The van der Waals surface area contributed by atoms with E-state index >= 15 is 0 Å². The molecular weight excluding hydrogens is 449 g/mol. The topological polar surface area (TPSA) is 76.4 Å². The Labute approximate surface area is 198 Å². The molecule has 1 aromatic heterocycles. The van der Waals surface area contributed by atoms with Gasteiger partial charge in [0.1, 0.15) is 17.3 Å².